The Bertz CT molecular complexity index is 1240. The van der Waals surface area contributed by atoms with Gasteiger partial charge in [0, 0.05) is 36.4 Å². The highest BCUT2D eigenvalue weighted by atomic mass is 16.5. The molecule has 34 heavy (non-hydrogen) atoms. The number of nitrogens with zero attached hydrogens (tertiary/aromatic N) is 2. The van der Waals surface area contributed by atoms with E-state index in [1.807, 2.05) is 84.5 Å². The Kier molecular flexibility index (Phi) is 7.28. The van der Waals surface area contributed by atoms with Crippen LogP contribution in [0.4, 0.5) is 0 Å². The fraction of sp³-hybridized carbons (Fsp3) is 0.214. The topological polar surface area (TPSA) is 66.5 Å². The molecular weight excluding hydrogens is 428 g/mol. The third kappa shape index (κ3) is 5.29. The average Bonchev–Trinajstić information content (AvgIpc) is 3.53. The van der Waals surface area contributed by atoms with Crippen molar-refractivity contribution in [2.75, 3.05) is 13.7 Å². The summed E-state index contributed by atoms with van der Waals surface area (Å²) in [5.41, 5.74) is 3.69. The van der Waals surface area contributed by atoms with Gasteiger partial charge in [-0.05, 0) is 48.9 Å². The van der Waals surface area contributed by atoms with Gasteiger partial charge in [0.2, 0.25) is 5.89 Å². The number of hydrogen-bond donors (Lipinski definition) is 0. The predicted octanol–water partition coefficient (Wildman–Crippen LogP) is 5.67. The Labute approximate surface area is 199 Å². The molecule has 0 aliphatic rings. The Hall–Kier alpha value is -4.06. The Morgan fingerprint density at radius 2 is 1.91 bits per heavy atom. The summed E-state index contributed by atoms with van der Waals surface area (Å²) in [7, 11) is 1.41. The maximum Gasteiger partial charge on any atom is 0.329 e. The van der Waals surface area contributed by atoms with E-state index in [4.69, 9.17) is 13.9 Å². The number of benzene rings is 2. The summed E-state index contributed by atoms with van der Waals surface area (Å²) in [6.45, 7) is 6.30. The molecule has 0 spiro atoms. The third-order valence-corrected chi connectivity index (χ3v) is 5.69. The lowest BCUT2D eigenvalue weighted by molar-refractivity contribution is -0.144. The first kappa shape index (κ1) is 23.1. The van der Waals surface area contributed by atoms with Gasteiger partial charge in [0.05, 0.1) is 19.4 Å². The van der Waals surface area contributed by atoms with E-state index in [1.54, 1.807) is 6.08 Å². The van der Waals surface area contributed by atoms with Crippen molar-refractivity contribution >= 4 is 12.0 Å². The molecule has 0 amide bonds. The SMILES string of the molecule is C=Cc1cc(C[C@@H](C(=O)OC)n2cccc2)ccc1OCCc1nc(-c2ccccc2)oc1C. The van der Waals surface area contributed by atoms with Crippen LogP contribution in [0.2, 0.25) is 0 Å². The zero-order valence-corrected chi connectivity index (χ0v) is 19.4. The van der Waals surface area contributed by atoms with Crippen LogP contribution in [0.3, 0.4) is 0 Å². The lowest BCUT2D eigenvalue weighted by atomic mass is 10.0. The minimum atomic E-state index is -0.432. The molecule has 0 bridgehead atoms. The zero-order valence-electron chi connectivity index (χ0n) is 19.4. The van der Waals surface area contributed by atoms with E-state index in [-0.39, 0.29) is 5.97 Å². The first-order valence-corrected chi connectivity index (χ1v) is 11.2. The van der Waals surface area contributed by atoms with Crippen LogP contribution in [0, 0.1) is 6.92 Å². The molecule has 0 unspecified atom stereocenters. The lowest BCUT2D eigenvalue weighted by Crippen LogP contribution is -2.22. The number of aryl methyl sites for hydroxylation is 1. The number of rotatable bonds is 10. The second-order valence-electron chi connectivity index (χ2n) is 7.94. The molecular formula is C28H28N2O4. The number of aromatic nitrogens is 2. The Morgan fingerprint density at radius 1 is 1.15 bits per heavy atom. The van der Waals surface area contributed by atoms with Crippen molar-refractivity contribution in [2.45, 2.75) is 25.8 Å². The first-order valence-electron chi connectivity index (χ1n) is 11.2. The first-order chi connectivity index (χ1) is 16.6. The van der Waals surface area contributed by atoms with E-state index in [2.05, 4.69) is 11.6 Å². The second-order valence-corrected chi connectivity index (χ2v) is 7.94. The summed E-state index contributed by atoms with van der Waals surface area (Å²) < 4.78 is 18.8. The highest BCUT2D eigenvalue weighted by Crippen LogP contribution is 2.26. The van der Waals surface area contributed by atoms with Crippen molar-refractivity contribution in [3.63, 3.8) is 0 Å². The van der Waals surface area contributed by atoms with Gasteiger partial charge in [-0.1, -0.05) is 36.9 Å². The number of carbonyl (C=O) groups is 1. The highest BCUT2D eigenvalue weighted by Gasteiger charge is 2.21. The van der Waals surface area contributed by atoms with Crippen LogP contribution in [0.1, 0.15) is 28.6 Å². The standard InChI is InChI=1S/C28H28N2O4/c1-4-22-18-21(19-25(28(31)32-3)30-15-8-9-16-30)12-13-26(22)33-17-14-24-20(2)34-27(29-24)23-10-6-5-7-11-23/h4-13,15-16,18,25H,1,14,17,19H2,2-3H3/t25-/m0/s1. The molecule has 0 aliphatic heterocycles. The maximum absolute atomic E-state index is 12.3. The van der Waals surface area contributed by atoms with Gasteiger partial charge in [-0.3, -0.25) is 0 Å². The van der Waals surface area contributed by atoms with E-state index in [0.717, 1.165) is 33.9 Å². The summed E-state index contributed by atoms with van der Waals surface area (Å²) in [5, 5.41) is 0. The number of methoxy groups -OCH3 is 1. The maximum atomic E-state index is 12.3. The van der Waals surface area contributed by atoms with Crippen LogP contribution >= 0.6 is 0 Å². The van der Waals surface area contributed by atoms with E-state index < -0.39 is 6.04 Å². The van der Waals surface area contributed by atoms with Crippen molar-refractivity contribution in [2.24, 2.45) is 0 Å². The number of carbonyl (C=O) groups excluding carboxylic acids is 1. The summed E-state index contributed by atoms with van der Waals surface area (Å²) in [4.78, 5) is 17.0. The van der Waals surface area contributed by atoms with Gasteiger partial charge < -0.3 is 18.5 Å². The van der Waals surface area contributed by atoms with Crippen LogP contribution in [0.15, 0.2) is 84.1 Å². The largest absolute Gasteiger partial charge is 0.493 e. The molecule has 174 valence electrons. The number of oxazole rings is 1. The Morgan fingerprint density at radius 3 is 2.62 bits per heavy atom. The van der Waals surface area contributed by atoms with E-state index >= 15 is 0 Å². The van der Waals surface area contributed by atoms with Gasteiger partial charge in [0.25, 0.3) is 0 Å². The molecule has 4 rings (SSSR count). The van der Waals surface area contributed by atoms with Crippen molar-refractivity contribution in [3.8, 4) is 17.2 Å². The van der Waals surface area contributed by atoms with Crippen LogP contribution in [0.25, 0.3) is 17.5 Å². The quantitative estimate of drug-likeness (QED) is 0.288. The number of ether oxygens (including phenoxy) is 2. The molecule has 0 N–H and O–H groups in total. The normalized spacial score (nSPS) is 11.7. The summed E-state index contributed by atoms with van der Waals surface area (Å²) in [6.07, 6.45) is 6.61. The van der Waals surface area contributed by atoms with E-state index in [1.165, 1.54) is 7.11 Å². The summed E-state index contributed by atoms with van der Waals surface area (Å²) in [5.74, 6) is 1.86. The molecule has 6 nitrogen and oxygen atoms in total. The number of hydrogen-bond acceptors (Lipinski definition) is 5. The molecule has 2 aromatic carbocycles. The third-order valence-electron chi connectivity index (χ3n) is 5.69. The molecule has 4 aromatic rings. The van der Waals surface area contributed by atoms with Crippen molar-refractivity contribution in [3.05, 3.63) is 102 Å². The van der Waals surface area contributed by atoms with Crippen molar-refractivity contribution < 1.29 is 18.7 Å². The number of esters is 1. The van der Waals surface area contributed by atoms with Crippen LogP contribution in [0.5, 0.6) is 5.75 Å². The Balaban J connectivity index is 1.42. The van der Waals surface area contributed by atoms with E-state index in [0.29, 0.717) is 25.3 Å². The second kappa shape index (κ2) is 10.7. The molecule has 1 atom stereocenters. The van der Waals surface area contributed by atoms with Crippen LogP contribution in [-0.2, 0) is 22.4 Å². The van der Waals surface area contributed by atoms with Crippen molar-refractivity contribution in [1.82, 2.24) is 9.55 Å². The highest BCUT2D eigenvalue weighted by molar-refractivity contribution is 5.74. The molecule has 0 saturated heterocycles. The van der Waals surface area contributed by atoms with Gasteiger partial charge in [-0.25, -0.2) is 9.78 Å². The molecule has 6 heteroatoms. The monoisotopic (exact) mass is 456 g/mol. The summed E-state index contributed by atoms with van der Waals surface area (Å²) >= 11 is 0. The van der Waals surface area contributed by atoms with Crippen molar-refractivity contribution in [1.29, 1.82) is 0 Å². The van der Waals surface area contributed by atoms with Gasteiger partial charge in [-0.15, -0.1) is 0 Å². The van der Waals surface area contributed by atoms with Crippen LogP contribution in [-0.4, -0.2) is 29.2 Å². The fourth-order valence-electron chi connectivity index (χ4n) is 3.86. The molecule has 0 radical (unpaired) electrons. The fourth-order valence-corrected chi connectivity index (χ4v) is 3.86. The van der Waals surface area contributed by atoms with Gasteiger partial charge in [0.1, 0.15) is 17.6 Å². The van der Waals surface area contributed by atoms with Gasteiger partial charge in [-0.2, -0.15) is 0 Å². The zero-order chi connectivity index (χ0) is 23.9. The van der Waals surface area contributed by atoms with Crippen LogP contribution < -0.4 is 4.74 Å². The smallest absolute Gasteiger partial charge is 0.329 e. The predicted molar refractivity (Wildman–Crippen MR) is 132 cm³/mol. The molecule has 2 heterocycles. The lowest BCUT2D eigenvalue weighted by Gasteiger charge is -2.18. The summed E-state index contributed by atoms with van der Waals surface area (Å²) in [6, 6.07) is 19.1. The minimum absolute atomic E-state index is 0.283. The van der Waals surface area contributed by atoms with Gasteiger partial charge >= 0.3 is 5.97 Å². The molecule has 0 saturated carbocycles. The molecule has 0 fully saturated rings. The van der Waals surface area contributed by atoms with Gasteiger partial charge in [0.15, 0.2) is 0 Å². The van der Waals surface area contributed by atoms with E-state index in [9.17, 15) is 4.79 Å². The minimum Gasteiger partial charge on any atom is -0.493 e. The average molecular weight is 457 g/mol. The molecule has 2 aromatic heterocycles. The molecule has 0 aliphatic carbocycles.